The van der Waals surface area contributed by atoms with E-state index in [-0.39, 0.29) is 5.97 Å². The Hall–Kier alpha value is -2.93. The Morgan fingerprint density at radius 2 is 1.81 bits per heavy atom. The van der Waals surface area contributed by atoms with Gasteiger partial charge in [0.25, 0.3) is 0 Å². The van der Waals surface area contributed by atoms with Gasteiger partial charge in [0.1, 0.15) is 16.8 Å². The summed E-state index contributed by atoms with van der Waals surface area (Å²) in [5.41, 5.74) is 3.39. The van der Waals surface area contributed by atoms with Gasteiger partial charge >= 0.3 is 5.97 Å². The average molecular weight is 438 g/mol. The second-order valence-electron chi connectivity index (χ2n) is 7.24. The normalized spacial score (nSPS) is 14.0. The number of ether oxygens (including phenoxy) is 2. The van der Waals surface area contributed by atoms with Crippen molar-refractivity contribution >= 4 is 40.0 Å². The van der Waals surface area contributed by atoms with Gasteiger partial charge in [-0.05, 0) is 31.4 Å². The average Bonchev–Trinajstić information content (AvgIpc) is 2.83. The van der Waals surface area contributed by atoms with E-state index in [1.54, 1.807) is 25.1 Å². The van der Waals surface area contributed by atoms with E-state index in [0.29, 0.717) is 17.9 Å². The number of esters is 1. The van der Waals surface area contributed by atoms with Crippen molar-refractivity contribution in [3.05, 3.63) is 54.2 Å². The lowest BCUT2D eigenvalue weighted by atomic mass is 10.1. The molecule has 2 heterocycles. The van der Waals surface area contributed by atoms with Gasteiger partial charge in [0.15, 0.2) is 0 Å². The minimum Gasteiger partial charge on any atom is -0.494 e. The summed E-state index contributed by atoms with van der Waals surface area (Å²) in [6.07, 6.45) is 3.73. The molecule has 7 heteroatoms. The molecule has 1 aromatic heterocycles. The molecule has 0 aliphatic carbocycles. The fourth-order valence-corrected chi connectivity index (χ4v) is 4.73. The number of rotatable bonds is 6. The summed E-state index contributed by atoms with van der Waals surface area (Å²) in [5, 5.41) is 0.905. The molecule has 0 N–H and O–H groups in total. The number of aromatic nitrogens is 1. The zero-order chi connectivity index (χ0) is 21.8. The Labute approximate surface area is 187 Å². The van der Waals surface area contributed by atoms with Crippen LogP contribution in [0.2, 0.25) is 0 Å². The highest BCUT2D eigenvalue weighted by molar-refractivity contribution is 7.98. The van der Waals surface area contributed by atoms with Crippen molar-refractivity contribution in [3.8, 4) is 5.75 Å². The molecular weight excluding hydrogens is 410 g/mol. The lowest BCUT2D eigenvalue weighted by Crippen LogP contribution is -2.47. The minimum atomic E-state index is -0.343. The second kappa shape index (κ2) is 9.47. The van der Waals surface area contributed by atoms with Crippen molar-refractivity contribution < 1.29 is 14.3 Å². The summed E-state index contributed by atoms with van der Waals surface area (Å²) in [6, 6.07) is 14.3. The second-order valence-corrected chi connectivity index (χ2v) is 8.09. The van der Waals surface area contributed by atoms with Crippen molar-refractivity contribution in [3.63, 3.8) is 0 Å². The molecule has 2 aromatic carbocycles. The molecular formula is C24H27N3O3S. The molecule has 0 saturated carbocycles. The Morgan fingerprint density at radius 3 is 2.52 bits per heavy atom. The first-order valence-corrected chi connectivity index (χ1v) is 11.7. The van der Waals surface area contributed by atoms with E-state index < -0.39 is 0 Å². The van der Waals surface area contributed by atoms with E-state index in [1.807, 2.05) is 25.1 Å². The molecule has 1 aliphatic rings. The molecule has 0 bridgehead atoms. The number of nitrogens with zero attached hydrogens (tertiary/aromatic N) is 3. The number of hydrogen-bond acceptors (Lipinski definition) is 7. The molecule has 0 unspecified atom stereocenters. The molecule has 3 aromatic rings. The van der Waals surface area contributed by atoms with Crippen LogP contribution in [0.1, 0.15) is 17.3 Å². The van der Waals surface area contributed by atoms with Crippen LogP contribution in [-0.4, -0.2) is 57.1 Å². The molecule has 0 amide bonds. The third-order valence-corrected chi connectivity index (χ3v) is 6.35. The van der Waals surface area contributed by atoms with Crippen LogP contribution >= 0.6 is 11.8 Å². The summed E-state index contributed by atoms with van der Waals surface area (Å²) in [6.45, 7) is 5.48. The highest BCUT2D eigenvalue weighted by Crippen LogP contribution is 2.36. The molecule has 1 saturated heterocycles. The van der Waals surface area contributed by atoms with E-state index in [4.69, 9.17) is 9.47 Å². The quantitative estimate of drug-likeness (QED) is 0.417. The molecule has 4 rings (SSSR count). The first kappa shape index (κ1) is 21.3. The summed E-state index contributed by atoms with van der Waals surface area (Å²) < 4.78 is 10.8. The largest absolute Gasteiger partial charge is 0.494 e. The minimum absolute atomic E-state index is 0.327. The number of carbonyl (C=O) groups is 1. The van der Waals surface area contributed by atoms with Gasteiger partial charge in [0, 0.05) is 42.7 Å². The third kappa shape index (κ3) is 4.14. The maximum atomic E-state index is 12.7. The van der Waals surface area contributed by atoms with Crippen LogP contribution < -0.4 is 14.5 Å². The molecule has 0 atom stereocenters. The van der Waals surface area contributed by atoms with Crippen molar-refractivity contribution in [2.24, 2.45) is 0 Å². The summed E-state index contributed by atoms with van der Waals surface area (Å²) in [4.78, 5) is 23.2. The van der Waals surface area contributed by atoms with Gasteiger partial charge in [-0.2, -0.15) is 0 Å². The molecule has 0 radical (unpaired) electrons. The van der Waals surface area contributed by atoms with Crippen LogP contribution in [0.5, 0.6) is 5.75 Å². The Kier molecular flexibility index (Phi) is 6.51. The number of piperazine rings is 1. The predicted octanol–water partition coefficient (Wildman–Crippen LogP) is 4.47. The van der Waals surface area contributed by atoms with Gasteiger partial charge in [-0.1, -0.05) is 24.3 Å². The molecule has 31 heavy (non-hydrogen) atoms. The van der Waals surface area contributed by atoms with Crippen molar-refractivity contribution in [1.29, 1.82) is 0 Å². The number of fused-ring (bicyclic) bond motifs is 1. The standard InChI is InChI=1S/C24H27N3O3S/c1-4-30-24(28)18-16-25-22-17(8-7-10-20(22)29-2)23(18)27-14-12-26(13-15-27)19-9-5-6-11-21(19)31-3/h5-11,16H,4,12-15H2,1-3H3. The first-order chi connectivity index (χ1) is 15.2. The number of anilines is 2. The molecule has 1 fully saturated rings. The maximum Gasteiger partial charge on any atom is 0.341 e. The zero-order valence-corrected chi connectivity index (χ0v) is 18.9. The number of para-hydroxylation sites is 2. The van der Waals surface area contributed by atoms with E-state index in [1.165, 1.54) is 10.6 Å². The lowest BCUT2D eigenvalue weighted by Gasteiger charge is -2.39. The van der Waals surface area contributed by atoms with Crippen molar-refractivity contribution in [1.82, 2.24) is 4.98 Å². The number of methoxy groups -OCH3 is 1. The van der Waals surface area contributed by atoms with Gasteiger partial charge < -0.3 is 19.3 Å². The first-order valence-electron chi connectivity index (χ1n) is 10.4. The number of thioether (sulfide) groups is 1. The van der Waals surface area contributed by atoms with Crippen LogP contribution in [0.25, 0.3) is 10.9 Å². The number of hydrogen-bond donors (Lipinski definition) is 0. The van der Waals surface area contributed by atoms with E-state index >= 15 is 0 Å². The maximum absolute atomic E-state index is 12.7. The Morgan fingerprint density at radius 1 is 1.06 bits per heavy atom. The van der Waals surface area contributed by atoms with Gasteiger partial charge in [-0.25, -0.2) is 4.79 Å². The van der Waals surface area contributed by atoms with Crippen LogP contribution in [0.3, 0.4) is 0 Å². The van der Waals surface area contributed by atoms with Crippen molar-refractivity contribution in [2.45, 2.75) is 11.8 Å². The Balaban J connectivity index is 1.70. The number of benzene rings is 2. The third-order valence-electron chi connectivity index (χ3n) is 5.57. The summed E-state index contributed by atoms with van der Waals surface area (Å²) in [5.74, 6) is 0.353. The smallest absolute Gasteiger partial charge is 0.341 e. The van der Waals surface area contributed by atoms with Crippen LogP contribution in [0.15, 0.2) is 53.6 Å². The summed E-state index contributed by atoms with van der Waals surface area (Å²) >= 11 is 1.77. The number of carbonyl (C=O) groups excluding carboxylic acids is 1. The SMILES string of the molecule is CCOC(=O)c1cnc2c(OC)cccc2c1N1CCN(c2ccccc2SC)CC1. The lowest BCUT2D eigenvalue weighted by molar-refractivity contribution is 0.0526. The van der Waals surface area contributed by atoms with Gasteiger partial charge in [0.2, 0.25) is 0 Å². The molecule has 0 spiro atoms. The topological polar surface area (TPSA) is 54.9 Å². The van der Waals surface area contributed by atoms with Gasteiger partial charge in [-0.15, -0.1) is 11.8 Å². The van der Waals surface area contributed by atoms with Crippen LogP contribution in [0.4, 0.5) is 11.4 Å². The summed E-state index contributed by atoms with van der Waals surface area (Å²) in [7, 11) is 1.64. The van der Waals surface area contributed by atoms with E-state index in [9.17, 15) is 4.79 Å². The van der Waals surface area contributed by atoms with Gasteiger partial charge in [0.05, 0.1) is 25.1 Å². The number of pyridine rings is 1. The fraction of sp³-hybridized carbons (Fsp3) is 0.333. The molecule has 1 aliphatic heterocycles. The fourth-order valence-electron chi connectivity index (χ4n) is 4.11. The van der Waals surface area contributed by atoms with E-state index in [2.05, 4.69) is 45.3 Å². The van der Waals surface area contributed by atoms with Gasteiger partial charge in [-0.3, -0.25) is 4.98 Å². The van der Waals surface area contributed by atoms with Crippen LogP contribution in [-0.2, 0) is 4.74 Å². The zero-order valence-electron chi connectivity index (χ0n) is 18.1. The monoisotopic (exact) mass is 437 g/mol. The van der Waals surface area contributed by atoms with Crippen molar-refractivity contribution in [2.75, 3.05) is 56.0 Å². The highest BCUT2D eigenvalue weighted by atomic mass is 32.2. The van der Waals surface area contributed by atoms with E-state index in [0.717, 1.165) is 42.8 Å². The van der Waals surface area contributed by atoms with Crippen LogP contribution in [0, 0.1) is 0 Å². The predicted molar refractivity (Wildman–Crippen MR) is 127 cm³/mol. The highest BCUT2D eigenvalue weighted by Gasteiger charge is 2.26. The Bertz CT molecular complexity index is 1080. The molecule has 162 valence electrons. The molecule has 6 nitrogen and oxygen atoms in total.